The normalized spacial score (nSPS) is 16.1. The fourth-order valence-electron chi connectivity index (χ4n) is 2.56. The number of hydrogen-bond acceptors (Lipinski definition) is 4. The first-order chi connectivity index (χ1) is 9.52. The highest BCUT2D eigenvalue weighted by atomic mass is 16.5. The highest BCUT2D eigenvalue weighted by molar-refractivity contribution is 5.75. The van der Waals surface area contributed by atoms with Crippen LogP contribution in [0.2, 0.25) is 0 Å². The van der Waals surface area contributed by atoms with Gasteiger partial charge in [-0.1, -0.05) is 26.0 Å². The molecule has 0 spiro atoms. The SMILES string of the molecule is COC(=O)CNc1cccc2c1CN(C(C)C(C)C)C2. The quantitative estimate of drug-likeness (QED) is 0.839. The van der Waals surface area contributed by atoms with E-state index >= 15 is 0 Å². The molecule has 1 atom stereocenters. The average molecular weight is 276 g/mol. The second kappa shape index (κ2) is 6.27. The van der Waals surface area contributed by atoms with Gasteiger partial charge in [-0.15, -0.1) is 0 Å². The molecule has 0 aromatic heterocycles. The Morgan fingerprint density at radius 3 is 2.75 bits per heavy atom. The smallest absolute Gasteiger partial charge is 0.325 e. The maximum absolute atomic E-state index is 11.3. The van der Waals surface area contributed by atoms with Gasteiger partial charge in [-0.2, -0.15) is 0 Å². The summed E-state index contributed by atoms with van der Waals surface area (Å²) in [6.45, 7) is 8.93. The molecule has 1 aromatic rings. The summed E-state index contributed by atoms with van der Waals surface area (Å²) in [6.07, 6.45) is 0. The molecule has 0 saturated heterocycles. The van der Waals surface area contributed by atoms with Gasteiger partial charge >= 0.3 is 5.97 Å². The van der Waals surface area contributed by atoms with Crippen LogP contribution >= 0.6 is 0 Å². The fraction of sp³-hybridized carbons (Fsp3) is 0.562. The molecule has 2 rings (SSSR count). The van der Waals surface area contributed by atoms with Crippen LogP contribution in [0.25, 0.3) is 0 Å². The molecule has 1 aliphatic rings. The van der Waals surface area contributed by atoms with E-state index in [-0.39, 0.29) is 12.5 Å². The van der Waals surface area contributed by atoms with Crippen molar-refractivity contribution < 1.29 is 9.53 Å². The third-order valence-electron chi connectivity index (χ3n) is 4.20. The van der Waals surface area contributed by atoms with Crippen molar-refractivity contribution in [3.8, 4) is 0 Å². The summed E-state index contributed by atoms with van der Waals surface area (Å²) in [4.78, 5) is 13.7. The van der Waals surface area contributed by atoms with Gasteiger partial charge in [0.1, 0.15) is 6.54 Å². The molecule has 20 heavy (non-hydrogen) atoms. The molecule has 1 aromatic carbocycles. The van der Waals surface area contributed by atoms with Crippen LogP contribution in [-0.4, -0.2) is 30.6 Å². The highest BCUT2D eigenvalue weighted by Gasteiger charge is 2.26. The van der Waals surface area contributed by atoms with Gasteiger partial charge in [0.05, 0.1) is 7.11 Å². The van der Waals surface area contributed by atoms with Crippen molar-refractivity contribution in [2.45, 2.75) is 39.9 Å². The number of carbonyl (C=O) groups excluding carboxylic acids is 1. The third-order valence-corrected chi connectivity index (χ3v) is 4.20. The Balaban J connectivity index is 2.10. The van der Waals surface area contributed by atoms with E-state index in [1.54, 1.807) is 0 Å². The van der Waals surface area contributed by atoms with Crippen molar-refractivity contribution in [1.29, 1.82) is 0 Å². The Kier molecular flexibility index (Phi) is 4.65. The van der Waals surface area contributed by atoms with Crippen molar-refractivity contribution in [1.82, 2.24) is 4.90 Å². The number of carbonyl (C=O) groups is 1. The molecule has 4 heteroatoms. The van der Waals surface area contributed by atoms with Gasteiger partial charge in [-0.3, -0.25) is 9.69 Å². The lowest BCUT2D eigenvalue weighted by Crippen LogP contribution is -2.32. The first-order valence-corrected chi connectivity index (χ1v) is 7.18. The Bertz CT molecular complexity index is 485. The number of nitrogens with one attached hydrogen (secondary N) is 1. The van der Waals surface area contributed by atoms with Crippen LogP contribution in [0.5, 0.6) is 0 Å². The minimum Gasteiger partial charge on any atom is -0.468 e. The predicted molar refractivity (Wildman–Crippen MR) is 80.5 cm³/mol. The van der Waals surface area contributed by atoms with E-state index in [0.717, 1.165) is 18.8 Å². The summed E-state index contributed by atoms with van der Waals surface area (Å²) < 4.78 is 4.67. The van der Waals surface area contributed by atoms with Crippen LogP contribution in [0, 0.1) is 5.92 Å². The van der Waals surface area contributed by atoms with E-state index in [1.165, 1.54) is 18.2 Å². The second-order valence-electron chi connectivity index (χ2n) is 5.76. The second-order valence-corrected chi connectivity index (χ2v) is 5.76. The van der Waals surface area contributed by atoms with Gasteiger partial charge in [0, 0.05) is 24.8 Å². The molecule has 110 valence electrons. The maximum Gasteiger partial charge on any atom is 0.325 e. The molecule has 0 saturated carbocycles. The largest absolute Gasteiger partial charge is 0.468 e. The zero-order chi connectivity index (χ0) is 14.7. The molecule has 4 nitrogen and oxygen atoms in total. The Hall–Kier alpha value is -1.55. The van der Waals surface area contributed by atoms with Gasteiger partial charge in [0.25, 0.3) is 0 Å². The van der Waals surface area contributed by atoms with Crippen LogP contribution in [0.4, 0.5) is 5.69 Å². The minimum atomic E-state index is -0.243. The van der Waals surface area contributed by atoms with Crippen LogP contribution < -0.4 is 5.32 Å². The molecule has 1 heterocycles. The number of esters is 1. The molecular formula is C16H24N2O2. The van der Waals surface area contributed by atoms with E-state index in [4.69, 9.17) is 0 Å². The summed E-state index contributed by atoms with van der Waals surface area (Å²) in [7, 11) is 1.41. The minimum absolute atomic E-state index is 0.215. The van der Waals surface area contributed by atoms with E-state index in [9.17, 15) is 4.79 Å². The van der Waals surface area contributed by atoms with Gasteiger partial charge in [0.15, 0.2) is 0 Å². The van der Waals surface area contributed by atoms with Gasteiger partial charge in [0.2, 0.25) is 0 Å². The lowest BCUT2D eigenvalue weighted by atomic mass is 10.1. The van der Waals surface area contributed by atoms with E-state index < -0.39 is 0 Å². The maximum atomic E-state index is 11.3. The fourth-order valence-corrected chi connectivity index (χ4v) is 2.56. The molecule has 0 bridgehead atoms. The summed E-state index contributed by atoms with van der Waals surface area (Å²) in [5, 5.41) is 3.18. The number of nitrogens with zero attached hydrogens (tertiary/aromatic N) is 1. The van der Waals surface area contributed by atoms with Crippen molar-refractivity contribution in [2.24, 2.45) is 5.92 Å². The highest BCUT2D eigenvalue weighted by Crippen LogP contribution is 2.31. The molecule has 1 N–H and O–H groups in total. The zero-order valence-electron chi connectivity index (χ0n) is 12.8. The number of hydrogen-bond donors (Lipinski definition) is 1. The summed E-state index contributed by atoms with van der Waals surface area (Å²) >= 11 is 0. The first kappa shape index (κ1) is 14.9. The van der Waals surface area contributed by atoms with Crippen LogP contribution in [-0.2, 0) is 22.6 Å². The first-order valence-electron chi connectivity index (χ1n) is 7.18. The van der Waals surface area contributed by atoms with Crippen molar-refractivity contribution in [2.75, 3.05) is 19.0 Å². The molecule has 1 unspecified atom stereocenters. The number of benzene rings is 1. The number of rotatable bonds is 5. The molecule has 0 aliphatic carbocycles. The van der Waals surface area contributed by atoms with E-state index in [2.05, 4.69) is 41.8 Å². The summed E-state index contributed by atoms with van der Waals surface area (Å²) in [5.74, 6) is 0.392. The van der Waals surface area contributed by atoms with Gasteiger partial charge in [-0.25, -0.2) is 0 Å². The molecule has 0 amide bonds. The Morgan fingerprint density at radius 1 is 1.35 bits per heavy atom. The number of ether oxygens (including phenoxy) is 1. The average Bonchev–Trinajstić information content (AvgIpc) is 2.87. The number of fused-ring (bicyclic) bond motifs is 1. The summed E-state index contributed by atoms with van der Waals surface area (Å²) in [6, 6.07) is 6.80. The van der Waals surface area contributed by atoms with Gasteiger partial charge < -0.3 is 10.1 Å². The number of methoxy groups -OCH3 is 1. The standard InChI is InChI=1S/C16H24N2O2/c1-11(2)12(3)18-9-13-6-5-7-15(14(13)10-18)17-8-16(19)20-4/h5-7,11-12,17H,8-10H2,1-4H3. The Morgan fingerprint density at radius 2 is 2.10 bits per heavy atom. The molecule has 1 aliphatic heterocycles. The Labute approximate surface area is 121 Å². The lowest BCUT2D eigenvalue weighted by molar-refractivity contribution is -0.138. The topological polar surface area (TPSA) is 41.6 Å². The zero-order valence-corrected chi connectivity index (χ0v) is 12.8. The predicted octanol–water partition coefficient (Wildman–Crippen LogP) is 2.63. The third kappa shape index (κ3) is 3.12. The van der Waals surface area contributed by atoms with Crippen molar-refractivity contribution in [3.63, 3.8) is 0 Å². The molecular weight excluding hydrogens is 252 g/mol. The van der Waals surface area contributed by atoms with Crippen LogP contribution in [0.1, 0.15) is 31.9 Å². The van der Waals surface area contributed by atoms with Gasteiger partial charge in [-0.05, 0) is 30.0 Å². The van der Waals surface area contributed by atoms with E-state index in [0.29, 0.717) is 12.0 Å². The van der Waals surface area contributed by atoms with Crippen molar-refractivity contribution in [3.05, 3.63) is 29.3 Å². The molecule has 0 radical (unpaired) electrons. The molecule has 0 fully saturated rings. The van der Waals surface area contributed by atoms with E-state index in [1.807, 2.05) is 12.1 Å². The monoisotopic (exact) mass is 276 g/mol. The number of anilines is 1. The summed E-state index contributed by atoms with van der Waals surface area (Å²) in [5.41, 5.74) is 3.71. The van der Waals surface area contributed by atoms with Crippen molar-refractivity contribution >= 4 is 11.7 Å². The lowest BCUT2D eigenvalue weighted by Gasteiger charge is -2.27. The van der Waals surface area contributed by atoms with Crippen LogP contribution in [0.3, 0.4) is 0 Å². The van der Waals surface area contributed by atoms with Crippen LogP contribution in [0.15, 0.2) is 18.2 Å².